The summed E-state index contributed by atoms with van der Waals surface area (Å²) in [5, 5.41) is 5.93. The molecule has 0 radical (unpaired) electrons. The van der Waals surface area contributed by atoms with E-state index in [-0.39, 0.29) is 0 Å². The van der Waals surface area contributed by atoms with Gasteiger partial charge in [0.25, 0.3) is 0 Å². The third-order valence-electron chi connectivity index (χ3n) is 4.30. The monoisotopic (exact) mass is 269 g/mol. The van der Waals surface area contributed by atoms with Crippen molar-refractivity contribution in [1.29, 1.82) is 0 Å². The van der Waals surface area contributed by atoms with Gasteiger partial charge < -0.3 is 16.0 Å². The van der Waals surface area contributed by atoms with E-state index in [1.54, 1.807) is 0 Å². The summed E-state index contributed by atoms with van der Waals surface area (Å²) in [5.41, 5.74) is 8.29. The van der Waals surface area contributed by atoms with Crippen LogP contribution >= 0.6 is 0 Å². The summed E-state index contributed by atoms with van der Waals surface area (Å²) in [6, 6.07) is 13.2. The summed E-state index contributed by atoms with van der Waals surface area (Å²) in [6.45, 7) is 7.74. The predicted octanol–water partition coefficient (Wildman–Crippen LogP) is 2.86. The quantitative estimate of drug-likeness (QED) is 0.824. The third-order valence-corrected chi connectivity index (χ3v) is 4.30. The van der Waals surface area contributed by atoms with Gasteiger partial charge in [0.1, 0.15) is 0 Å². The van der Waals surface area contributed by atoms with Gasteiger partial charge in [0.15, 0.2) is 0 Å². The van der Waals surface area contributed by atoms with Gasteiger partial charge in [0, 0.05) is 47.8 Å². The first-order valence-electron chi connectivity index (χ1n) is 7.43. The van der Waals surface area contributed by atoms with Crippen LogP contribution in [0.15, 0.2) is 36.4 Å². The fourth-order valence-corrected chi connectivity index (χ4v) is 3.18. The molecule has 2 aromatic rings. The van der Waals surface area contributed by atoms with E-state index in [0.717, 1.165) is 30.7 Å². The number of anilines is 2. The minimum Gasteiger partial charge on any atom is -0.398 e. The molecule has 0 saturated carbocycles. The Kier molecular flexibility index (Phi) is 3.53. The molecule has 3 rings (SSSR count). The van der Waals surface area contributed by atoms with E-state index in [9.17, 15) is 0 Å². The lowest BCUT2D eigenvalue weighted by Crippen LogP contribution is -2.53. The van der Waals surface area contributed by atoms with Crippen molar-refractivity contribution in [3.05, 3.63) is 36.4 Å². The summed E-state index contributed by atoms with van der Waals surface area (Å²) < 4.78 is 0. The molecule has 0 aromatic heterocycles. The third kappa shape index (κ3) is 2.22. The normalized spacial score (nSPS) is 19.8. The highest BCUT2D eigenvalue weighted by Crippen LogP contribution is 2.33. The van der Waals surface area contributed by atoms with Crippen LogP contribution in [-0.4, -0.2) is 25.7 Å². The molecule has 1 unspecified atom stereocenters. The molecular formula is C17H23N3. The molecule has 0 spiro atoms. The first kappa shape index (κ1) is 13.3. The number of fused-ring (bicyclic) bond motifs is 1. The Morgan fingerprint density at radius 2 is 1.90 bits per heavy atom. The molecule has 3 N–H and O–H groups in total. The van der Waals surface area contributed by atoms with Crippen molar-refractivity contribution in [2.75, 3.05) is 30.3 Å². The van der Waals surface area contributed by atoms with Crippen LogP contribution in [0.3, 0.4) is 0 Å². The second kappa shape index (κ2) is 5.33. The Labute approximate surface area is 120 Å². The fourth-order valence-electron chi connectivity index (χ4n) is 3.18. The molecule has 1 saturated heterocycles. The molecule has 1 aliphatic rings. The molecule has 0 aliphatic carbocycles. The molecular weight excluding hydrogens is 246 g/mol. The van der Waals surface area contributed by atoms with Crippen LogP contribution in [0.4, 0.5) is 11.4 Å². The first-order valence-corrected chi connectivity index (χ1v) is 7.43. The lowest BCUT2D eigenvalue weighted by Gasteiger charge is -2.41. The van der Waals surface area contributed by atoms with Crippen LogP contribution < -0.4 is 16.0 Å². The molecule has 1 heterocycles. The molecule has 1 fully saturated rings. The van der Waals surface area contributed by atoms with Crippen molar-refractivity contribution in [1.82, 2.24) is 5.32 Å². The van der Waals surface area contributed by atoms with E-state index < -0.39 is 0 Å². The van der Waals surface area contributed by atoms with E-state index in [4.69, 9.17) is 5.73 Å². The average Bonchev–Trinajstić information content (AvgIpc) is 2.48. The molecule has 0 bridgehead atoms. The zero-order valence-corrected chi connectivity index (χ0v) is 12.3. The number of piperazine rings is 1. The number of nitrogens with two attached hydrogens (primary N) is 1. The van der Waals surface area contributed by atoms with E-state index in [1.807, 2.05) is 6.07 Å². The summed E-state index contributed by atoms with van der Waals surface area (Å²) >= 11 is 0. The van der Waals surface area contributed by atoms with Crippen LogP contribution in [0.25, 0.3) is 10.8 Å². The van der Waals surface area contributed by atoms with Crippen molar-refractivity contribution in [3.63, 3.8) is 0 Å². The second-order valence-corrected chi connectivity index (χ2v) is 5.93. The molecule has 2 aromatic carbocycles. The van der Waals surface area contributed by atoms with Gasteiger partial charge in [-0.3, -0.25) is 0 Å². The van der Waals surface area contributed by atoms with Crippen LogP contribution in [0, 0.1) is 5.92 Å². The van der Waals surface area contributed by atoms with Crippen molar-refractivity contribution >= 4 is 22.1 Å². The molecule has 3 heteroatoms. The van der Waals surface area contributed by atoms with Gasteiger partial charge in [-0.2, -0.15) is 0 Å². The SMILES string of the molecule is CC(C)C1CNCCN1c1ccc(N)c2ccccc12. The first-order chi connectivity index (χ1) is 9.68. The number of rotatable bonds is 2. The summed E-state index contributed by atoms with van der Waals surface area (Å²) in [7, 11) is 0. The van der Waals surface area contributed by atoms with Crippen LogP contribution in [0.1, 0.15) is 13.8 Å². The lowest BCUT2D eigenvalue weighted by molar-refractivity contribution is 0.391. The average molecular weight is 269 g/mol. The number of hydrogen-bond donors (Lipinski definition) is 2. The van der Waals surface area contributed by atoms with E-state index in [1.165, 1.54) is 11.1 Å². The predicted molar refractivity (Wildman–Crippen MR) is 87.2 cm³/mol. The largest absolute Gasteiger partial charge is 0.398 e. The molecule has 1 atom stereocenters. The zero-order valence-electron chi connectivity index (χ0n) is 12.3. The van der Waals surface area contributed by atoms with Crippen LogP contribution in [0.5, 0.6) is 0 Å². The maximum atomic E-state index is 6.12. The number of benzene rings is 2. The molecule has 106 valence electrons. The van der Waals surface area contributed by atoms with Crippen molar-refractivity contribution in [3.8, 4) is 0 Å². The zero-order chi connectivity index (χ0) is 14.1. The van der Waals surface area contributed by atoms with Gasteiger partial charge in [0.05, 0.1) is 0 Å². The van der Waals surface area contributed by atoms with E-state index >= 15 is 0 Å². The number of nitrogens with zero attached hydrogens (tertiary/aromatic N) is 1. The van der Waals surface area contributed by atoms with Gasteiger partial charge >= 0.3 is 0 Å². The fraction of sp³-hybridized carbons (Fsp3) is 0.412. The van der Waals surface area contributed by atoms with Crippen LogP contribution in [0.2, 0.25) is 0 Å². The molecule has 3 nitrogen and oxygen atoms in total. The standard InChI is InChI=1S/C17H23N3/c1-12(2)17-11-19-9-10-20(17)16-8-7-15(18)13-5-3-4-6-14(13)16/h3-8,12,17,19H,9-11,18H2,1-2H3. The Morgan fingerprint density at radius 1 is 1.15 bits per heavy atom. The Balaban J connectivity index is 2.11. The van der Waals surface area contributed by atoms with Gasteiger partial charge in [-0.1, -0.05) is 38.1 Å². The Hall–Kier alpha value is -1.74. The topological polar surface area (TPSA) is 41.3 Å². The Morgan fingerprint density at radius 3 is 2.65 bits per heavy atom. The van der Waals surface area contributed by atoms with Crippen molar-refractivity contribution in [2.24, 2.45) is 5.92 Å². The maximum Gasteiger partial charge on any atom is 0.0450 e. The highest BCUT2D eigenvalue weighted by molar-refractivity contribution is 6.01. The van der Waals surface area contributed by atoms with Gasteiger partial charge in [-0.05, 0) is 18.1 Å². The lowest BCUT2D eigenvalue weighted by atomic mass is 9.98. The number of nitrogens with one attached hydrogen (secondary N) is 1. The summed E-state index contributed by atoms with van der Waals surface area (Å²) in [4.78, 5) is 2.54. The molecule has 0 amide bonds. The van der Waals surface area contributed by atoms with Crippen molar-refractivity contribution < 1.29 is 0 Å². The summed E-state index contributed by atoms with van der Waals surface area (Å²) in [6.07, 6.45) is 0. The molecule has 1 aliphatic heterocycles. The van der Waals surface area contributed by atoms with Crippen molar-refractivity contribution in [2.45, 2.75) is 19.9 Å². The van der Waals surface area contributed by atoms with E-state index in [2.05, 4.69) is 54.4 Å². The minimum atomic E-state index is 0.538. The van der Waals surface area contributed by atoms with Gasteiger partial charge in [0.2, 0.25) is 0 Å². The van der Waals surface area contributed by atoms with E-state index in [0.29, 0.717) is 12.0 Å². The highest BCUT2D eigenvalue weighted by Gasteiger charge is 2.26. The number of nitrogen functional groups attached to an aromatic ring is 1. The van der Waals surface area contributed by atoms with Gasteiger partial charge in [-0.25, -0.2) is 0 Å². The number of hydrogen-bond acceptors (Lipinski definition) is 3. The molecule has 20 heavy (non-hydrogen) atoms. The maximum absolute atomic E-state index is 6.12. The Bertz CT molecular complexity index is 606. The highest BCUT2D eigenvalue weighted by atomic mass is 15.2. The minimum absolute atomic E-state index is 0.538. The second-order valence-electron chi connectivity index (χ2n) is 5.93. The smallest absolute Gasteiger partial charge is 0.0450 e. The van der Waals surface area contributed by atoms with Gasteiger partial charge in [-0.15, -0.1) is 0 Å². The van der Waals surface area contributed by atoms with Crippen LogP contribution in [-0.2, 0) is 0 Å². The summed E-state index contributed by atoms with van der Waals surface area (Å²) in [5.74, 6) is 0.624.